The molecule has 0 saturated carbocycles. The predicted molar refractivity (Wildman–Crippen MR) is 81.9 cm³/mol. The molecule has 0 aliphatic carbocycles. The SMILES string of the molecule is CCN(CC)C(=O)C1CCCN(c2ncncc2C(=O)O)C1. The normalized spacial score (nSPS) is 18.1. The topological polar surface area (TPSA) is 86.6 Å². The summed E-state index contributed by atoms with van der Waals surface area (Å²) in [7, 11) is 0. The minimum absolute atomic E-state index is 0.0819. The third kappa shape index (κ3) is 3.35. The van der Waals surface area contributed by atoms with Crippen LogP contribution in [0.1, 0.15) is 37.0 Å². The molecule has 7 nitrogen and oxygen atoms in total. The average Bonchev–Trinajstić information content (AvgIpc) is 2.56. The summed E-state index contributed by atoms with van der Waals surface area (Å²) in [5.74, 6) is -0.613. The van der Waals surface area contributed by atoms with Crippen molar-refractivity contribution in [3.05, 3.63) is 18.1 Å². The summed E-state index contributed by atoms with van der Waals surface area (Å²) in [6.45, 7) is 6.54. The number of aromatic nitrogens is 2. The summed E-state index contributed by atoms with van der Waals surface area (Å²) < 4.78 is 0. The molecule has 2 rings (SSSR count). The van der Waals surface area contributed by atoms with Crippen LogP contribution in [0.2, 0.25) is 0 Å². The molecule has 120 valence electrons. The third-order valence-electron chi connectivity index (χ3n) is 4.07. The maximum Gasteiger partial charge on any atom is 0.341 e. The number of nitrogens with zero attached hydrogens (tertiary/aromatic N) is 4. The smallest absolute Gasteiger partial charge is 0.341 e. The van der Waals surface area contributed by atoms with Gasteiger partial charge in [-0.3, -0.25) is 4.79 Å². The molecule has 22 heavy (non-hydrogen) atoms. The zero-order valence-electron chi connectivity index (χ0n) is 13.0. The molecule has 0 radical (unpaired) electrons. The second kappa shape index (κ2) is 7.20. The van der Waals surface area contributed by atoms with Gasteiger partial charge in [-0.05, 0) is 26.7 Å². The molecule has 0 aromatic carbocycles. The van der Waals surface area contributed by atoms with Crippen LogP contribution in [0.3, 0.4) is 0 Å². The van der Waals surface area contributed by atoms with Gasteiger partial charge in [-0.1, -0.05) is 0 Å². The monoisotopic (exact) mass is 306 g/mol. The lowest BCUT2D eigenvalue weighted by atomic mass is 9.96. The largest absolute Gasteiger partial charge is 0.477 e. The number of hydrogen-bond acceptors (Lipinski definition) is 5. The lowest BCUT2D eigenvalue weighted by molar-refractivity contribution is -0.135. The highest BCUT2D eigenvalue weighted by molar-refractivity contribution is 5.93. The van der Waals surface area contributed by atoms with Crippen LogP contribution in [0.15, 0.2) is 12.5 Å². The molecule has 1 amide bonds. The minimum atomic E-state index is -1.05. The van der Waals surface area contributed by atoms with Gasteiger partial charge in [0.1, 0.15) is 17.7 Å². The zero-order valence-corrected chi connectivity index (χ0v) is 13.0. The second-order valence-electron chi connectivity index (χ2n) is 5.36. The molecular formula is C15H22N4O3. The van der Waals surface area contributed by atoms with Crippen molar-refractivity contribution in [2.45, 2.75) is 26.7 Å². The summed E-state index contributed by atoms with van der Waals surface area (Å²) in [4.78, 5) is 35.4. The summed E-state index contributed by atoms with van der Waals surface area (Å²) in [6, 6.07) is 0. The van der Waals surface area contributed by atoms with Crippen molar-refractivity contribution >= 4 is 17.7 Å². The van der Waals surface area contributed by atoms with Crippen LogP contribution < -0.4 is 4.90 Å². The van der Waals surface area contributed by atoms with E-state index in [1.807, 2.05) is 23.6 Å². The Bertz CT molecular complexity index is 545. The number of rotatable bonds is 5. The summed E-state index contributed by atoms with van der Waals surface area (Å²) >= 11 is 0. The van der Waals surface area contributed by atoms with Gasteiger partial charge < -0.3 is 14.9 Å². The van der Waals surface area contributed by atoms with Crippen LogP contribution in [0.4, 0.5) is 5.82 Å². The first-order valence-electron chi connectivity index (χ1n) is 7.65. The van der Waals surface area contributed by atoms with Gasteiger partial charge in [0.15, 0.2) is 0 Å². The van der Waals surface area contributed by atoms with Gasteiger partial charge in [0.25, 0.3) is 0 Å². The van der Waals surface area contributed by atoms with Crippen LogP contribution in [-0.4, -0.2) is 58.0 Å². The Morgan fingerprint density at radius 3 is 2.77 bits per heavy atom. The van der Waals surface area contributed by atoms with Gasteiger partial charge in [-0.2, -0.15) is 0 Å². The van der Waals surface area contributed by atoms with E-state index in [-0.39, 0.29) is 17.4 Å². The molecule has 1 atom stereocenters. The standard InChI is InChI=1S/C15H22N4O3/c1-3-18(4-2)14(20)11-6-5-7-19(9-11)13-12(15(21)22)8-16-10-17-13/h8,10-11H,3-7,9H2,1-2H3,(H,21,22). The molecule has 0 spiro atoms. The van der Waals surface area contributed by atoms with Crippen molar-refractivity contribution in [1.82, 2.24) is 14.9 Å². The molecule has 1 N–H and O–H groups in total. The third-order valence-corrected chi connectivity index (χ3v) is 4.07. The van der Waals surface area contributed by atoms with E-state index in [9.17, 15) is 14.7 Å². The van der Waals surface area contributed by atoms with Crippen molar-refractivity contribution in [1.29, 1.82) is 0 Å². The van der Waals surface area contributed by atoms with Crippen LogP contribution in [0.25, 0.3) is 0 Å². The molecule has 1 aliphatic rings. The van der Waals surface area contributed by atoms with Crippen molar-refractivity contribution in [3.63, 3.8) is 0 Å². The summed E-state index contributed by atoms with van der Waals surface area (Å²) in [5.41, 5.74) is 0.0819. The van der Waals surface area contributed by atoms with Crippen LogP contribution in [-0.2, 0) is 4.79 Å². The van der Waals surface area contributed by atoms with E-state index < -0.39 is 5.97 Å². The van der Waals surface area contributed by atoms with Crippen LogP contribution >= 0.6 is 0 Å². The fraction of sp³-hybridized carbons (Fsp3) is 0.600. The number of amides is 1. The number of carbonyl (C=O) groups excluding carboxylic acids is 1. The highest BCUT2D eigenvalue weighted by atomic mass is 16.4. The van der Waals surface area contributed by atoms with Gasteiger partial charge in [0, 0.05) is 32.4 Å². The molecule has 1 fully saturated rings. The van der Waals surface area contributed by atoms with E-state index in [1.165, 1.54) is 12.5 Å². The van der Waals surface area contributed by atoms with Crippen LogP contribution in [0.5, 0.6) is 0 Å². The molecule has 1 aromatic rings. The minimum Gasteiger partial charge on any atom is -0.477 e. The van der Waals surface area contributed by atoms with Crippen LogP contribution in [0, 0.1) is 5.92 Å². The Hall–Kier alpha value is -2.18. The Morgan fingerprint density at radius 1 is 1.41 bits per heavy atom. The molecule has 0 bridgehead atoms. The fourth-order valence-corrected chi connectivity index (χ4v) is 2.89. The first-order valence-corrected chi connectivity index (χ1v) is 7.65. The lowest BCUT2D eigenvalue weighted by Gasteiger charge is -2.35. The lowest BCUT2D eigenvalue weighted by Crippen LogP contribution is -2.45. The zero-order chi connectivity index (χ0) is 16.1. The van der Waals surface area contributed by atoms with E-state index >= 15 is 0 Å². The molecule has 1 aliphatic heterocycles. The number of hydrogen-bond donors (Lipinski definition) is 1. The molecule has 1 unspecified atom stereocenters. The molecule has 7 heteroatoms. The van der Waals surface area contributed by atoms with Gasteiger partial charge in [0.2, 0.25) is 5.91 Å². The van der Waals surface area contributed by atoms with E-state index in [2.05, 4.69) is 9.97 Å². The van der Waals surface area contributed by atoms with Gasteiger partial charge in [-0.15, -0.1) is 0 Å². The van der Waals surface area contributed by atoms with E-state index in [1.54, 1.807) is 0 Å². The maximum absolute atomic E-state index is 12.5. The molecule has 2 heterocycles. The van der Waals surface area contributed by atoms with Crippen molar-refractivity contribution in [2.75, 3.05) is 31.1 Å². The number of carbonyl (C=O) groups is 2. The number of carboxylic acid groups (broad SMARTS) is 1. The van der Waals surface area contributed by atoms with Crippen molar-refractivity contribution in [3.8, 4) is 0 Å². The number of carboxylic acids is 1. The number of piperidine rings is 1. The quantitative estimate of drug-likeness (QED) is 0.881. The Kier molecular flexibility index (Phi) is 5.30. The first-order chi connectivity index (χ1) is 10.6. The molecule has 1 aromatic heterocycles. The van der Waals surface area contributed by atoms with Crippen molar-refractivity contribution in [2.24, 2.45) is 5.92 Å². The van der Waals surface area contributed by atoms with Gasteiger partial charge >= 0.3 is 5.97 Å². The van der Waals surface area contributed by atoms with E-state index in [0.717, 1.165) is 12.8 Å². The fourth-order valence-electron chi connectivity index (χ4n) is 2.89. The van der Waals surface area contributed by atoms with E-state index in [0.29, 0.717) is 32.0 Å². The maximum atomic E-state index is 12.5. The Labute approximate surface area is 130 Å². The average molecular weight is 306 g/mol. The first kappa shape index (κ1) is 16.2. The van der Waals surface area contributed by atoms with Gasteiger partial charge in [-0.25, -0.2) is 14.8 Å². The predicted octanol–water partition coefficient (Wildman–Crippen LogP) is 1.26. The summed E-state index contributed by atoms with van der Waals surface area (Å²) in [6.07, 6.45) is 4.33. The molecular weight excluding hydrogens is 284 g/mol. The second-order valence-corrected chi connectivity index (χ2v) is 5.36. The molecule has 1 saturated heterocycles. The number of aromatic carboxylic acids is 1. The van der Waals surface area contributed by atoms with Gasteiger partial charge in [0.05, 0.1) is 5.92 Å². The number of anilines is 1. The Balaban J connectivity index is 2.18. The highest BCUT2D eigenvalue weighted by Crippen LogP contribution is 2.25. The van der Waals surface area contributed by atoms with Crippen molar-refractivity contribution < 1.29 is 14.7 Å². The highest BCUT2D eigenvalue weighted by Gasteiger charge is 2.30. The summed E-state index contributed by atoms with van der Waals surface area (Å²) in [5, 5.41) is 9.25. The van der Waals surface area contributed by atoms with E-state index in [4.69, 9.17) is 0 Å². The Morgan fingerprint density at radius 2 is 2.14 bits per heavy atom.